The van der Waals surface area contributed by atoms with Gasteiger partial charge in [-0.2, -0.15) is 0 Å². The third-order valence-electron chi connectivity index (χ3n) is 9.15. The number of carbonyl (C=O) groups is 6. The number of aromatic nitrogens is 5. The van der Waals surface area contributed by atoms with Crippen molar-refractivity contribution in [1.82, 2.24) is 45.8 Å². The molecule has 1 saturated carbocycles. The Morgan fingerprint density at radius 2 is 1.72 bits per heavy atom. The highest BCUT2D eigenvalue weighted by atomic mass is 16.4. The van der Waals surface area contributed by atoms with E-state index in [1.807, 2.05) is 0 Å². The number of hydrogen-bond acceptors (Lipinski definition) is 11. The van der Waals surface area contributed by atoms with Crippen LogP contribution in [-0.2, 0) is 24.8 Å². The molecule has 18 heteroatoms. The largest absolute Gasteiger partial charge is 0.465 e. The van der Waals surface area contributed by atoms with Crippen LogP contribution in [-0.4, -0.2) is 107 Å². The van der Waals surface area contributed by atoms with E-state index in [0.717, 1.165) is 32.1 Å². The van der Waals surface area contributed by atoms with Crippen molar-refractivity contribution in [3.63, 3.8) is 0 Å². The van der Waals surface area contributed by atoms with Crippen LogP contribution in [0, 0.1) is 5.92 Å². The normalized spacial score (nSPS) is 19.3. The molecule has 1 aliphatic heterocycles. The molecule has 2 aliphatic rings. The van der Waals surface area contributed by atoms with E-state index in [1.54, 1.807) is 19.9 Å². The lowest BCUT2D eigenvalue weighted by Gasteiger charge is -2.32. The van der Waals surface area contributed by atoms with Gasteiger partial charge in [0.2, 0.25) is 23.4 Å². The first-order valence-corrected chi connectivity index (χ1v) is 16.9. The van der Waals surface area contributed by atoms with E-state index in [4.69, 9.17) is 10.8 Å². The minimum absolute atomic E-state index is 0.00984. The van der Waals surface area contributed by atoms with Crippen LogP contribution >= 0.6 is 0 Å². The molecule has 5 amide bonds. The maximum absolute atomic E-state index is 14.5. The van der Waals surface area contributed by atoms with Crippen molar-refractivity contribution in [2.45, 2.75) is 108 Å². The first-order valence-electron chi connectivity index (χ1n) is 16.9. The van der Waals surface area contributed by atoms with Gasteiger partial charge in [-0.3, -0.25) is 24.0 Å². The number of aliphatic hydroxyl groups is 1. The number of likely N-dealkylation sites (tertiary alicyclic amines) is 1. The van der Waals surface area contributed by atoms with Crippen molar-refractivity contribution in [3.8, 4) is 0 Å². The van der Waals surface area contributed by atoms with E-state index in [1.165, 1.54) is 28.2 Å². The number of carbonyl (C=O) groups excluding carboxylic acids is 5. The fraction of sp³-hybridized carbons (Fsp3) is 0.625. The van der Waals surface area contributed by atoms with E-state index in [2.05, 4.69) is 36.2 Å². The highest BCUT2D eigenvalue weighted by Gasteiger charge is 2.45. The first kappa shape index (κ1) is 37.8. The van der Waals surface area contributed by atoms with E-state index < -0.39 is 65.3 Å². The summed E-state index contributed by atoms with van der Waals surface area (Å²) in [6.45, 7) is 3.16. The molecule has 18 nitrogen and oxygen atoms in total. The van der Waals surface area contributed by atoms with Crippen LogP contribution in [0.25, 0.3) is 0 Å². The summed E-state index contributed by atoms with van der Waals surface area (Å²) in [7, 11) is 0. The number of nitrogens with two attached hydrogens (primary N) is 1. The highest BCUT2D eigenvalue weighted by Crippen LogP contribution is 2.33. The number of ketones is 1. The monoisotopic (exact) mass is 698 g/mol. The molecule has 0 radical (unpaired) electrons. The molecule has 4 atom stereocenters. The number of Topliss-reactive ketones (excluding diaryl/α,β-unsaturated/α-hetero) is 1. The molecular formula is C32H46N10O8. The standard InChI is InChI=1S/C32H46N10O8/c1-32(2,50)24-17-37-40-42(24)20-16-23(28(45)38-21(25(43)26(33)44)11-6-7-12-36-31(48)49)41(18-20)30(47)22(15-19-9-4-3-5-10-19)39-29(46)27-34-13-8-14-35-27/h8,13-14,17,19-23,36,50H,3-7,9-12,15-16,18H2,1-2H3,(H2,33,44)(H,38,45)(H,39,46)(H,48,49)/t20-,21?,22+,23-/m0/s1. The molecule has 50 heavy (non-hydrogen) atoms. The van der Waals surface area contributed by atoms with Crippen molar-refractivity contribution in [1.29, 1.82) is 0 Å². The Balaban J connectivity index is 1.63. The number of rotatable bonds is 16. The van der Waals surface area contributed by atoms with Gasteiger partial charge < -0.3 is 36.8 Å². The number of nitrogens with zero attached hydrogens (tertiary/aromatic N) is 6. The second-order valence-corrected chi connectivity index (χ2v) is 13.4. The summed E-state index contributed by atoms with van der Waals surface area (Å²) in [5.74, 6) is -4.19. The zero-order chi connectivity index (χ0) is 36.4. The fourth-order valence-corrected chi connectivity index (χ4v) is 6.63. The Morgan fingerprint density at radius 1 is 1.02 bits per heavy atom. The summed E-state index contributed by atoms with van der Waals surface area (Å²) in [5.41, 5.74) is 4.28. The number of amides is 5. The lowest BCUT2D eigenvalue weighted by molar-refractivity contribution is -0.142. The average Bonchev–Trinajstić information content (AvgIpc) is 3.76. The summed E-state index contributed by atoms with van der Waals surface area (Å²) in [6, 6.07) is -2.62. The average molecular weight is 699 g/mol. The van der Waals surface area contributed by atoms with Crippen LogP contribution in [0.1, 0.15) is 100 Å². The van der Waals surface area contributed by atoms with Crippen molar-refractivity contribution >= 4 is 35.5 Å². The molecule has 2 fully saturated rings. The summed E-state index contributed by atoms with van der Waals surface area (Å²) in [4.78, 5) is 86.6. The van der Waals surface area contributed by atoms with E-state index >= 15 is 0 Å². The quantitative estimate of drug-likeness (QED) is 0.101. The minimum atomic E-state index is -1.36. The topological polar surface area (TPSA) is 265 Å². The van der Waals surface area contributed by atoms with Crippen LogP contribution in [0.3, 0.4) is 0 Å². The molecule has 1 aliphatic carbocycles. The maximum Gasteiger partial charge on any atom is 0.404 e. The Kier molecular flexibility index (Phi) is 12.9. The molecular weight excluding hydrogens is 652 g/mol. The van der Waals surface area contributed by atoms with Gasteiger partial charge in [-0.25, -0.2) is 19.4 Å². The molecule has 1 saturated heterocycles. The van der Waals surface area contributed by atoms with E-state index in [9.17, 15) is 33.9 Å². The highest BCUT2D eigenvalue weighted by molar-refractivity contribution is 6.37. The Hall–Kier alpha value is -5.00. The summed E-state index contributed by atoms with van der Waals surface area (Å²) in [5, 5.41) is 35.3. The van der Waals surface area contributed by atoms with Crippen molar-refractivity contribution in [2.24, 2.45) is 11.7 Å². The molecule has 0 spiro atoms. The smallest absolute Gasteiger partial charge is 0.404 e. The van der Waals surface area contributed by atoms with Crippen LogP contribution in [0.5, 0.6) is 0 Å². The van der Waals surface area contributed by atoms with Crippen molar-refractivity contribution in [3.05, 3.63) is 36.2 Å². The van der Waals surface area contributed by atoms with Crippen LogP contribution in [0.4, 0.5) is 4.79 Å². The molecule has 2 aromatic heterocycles. The molecule has 7 N–H and O–H groups in total. The number of primary amides is 1. The van der Waals surface area contributed by atoms with Crippen molar-refractivity contribution in [2.75, 3.05) is 13.1 Å². The van der Waals surface area contributed by atoms with Gasteiger partial charge >= 0.3 is 6.09 Å². The van der Waals surface area contributed by atoms with Gasteiger partial charge in [-0.1, -0.05) is 37.3 Å². The Bertz CT molecular complexity index is 1520. The van der Waals surface area contributed by atoms with Gasteiger partial charge in [-0.05, 0) is 51.5 Å². The van der Waals surface area contributed by atoms with E-state index in [-0.39, 0.29) is 44.1 Å². The lowest BCUT2D eigenvalue weighted by Crippen LogP contribution is -2.56. The van der Waals surface area contributed by atoms with Crippen LogP contribution in [0.2, 0.25) is 0 Å². The summed E-state index contributed by atoms with van der Waals surface area (Å²) < 4.78 is 1.46. The predicted molar refractivity (Wildman–Crippen MR) is 175 cm³/mol. The molecule has 1 unspecified atom stereocenters. The molecule has 272 valence electrons. The van der Waals surface area contributed by atoms with Gasteiger partial charge in [0.25, 0.3) is 11.8 Å². The van der Waals surface area contributed by atoms with Crippen LogP contribution in [0.15, 0.2) is 24.7 Å². The Morgan fingerprint density at radius 3 is 2.36 bits per heavy atom. The number of unbranched alkanes of at least 4 members (excludes halogenated alkanes) is 1. The van der Waals surface area contributed by atoms with Gasteiger partial charge in [0.15, 0.2) is 0 Å². The number of carboxylic acid groups (broad SMARTS) is 1. The first-order chi connectivity index (χ1) is 23.8. The third kappa shape index (κ3) is 10.0. The third-order valence-corrected chi connectivity index (χ3v) is 9.15. The summed E-state index contributed by atoms with van der Waals surface area (Å²) in [6.07, 6.45) is 8.73. The number of nitrogens with one attached hydrogen (secondary N) is 3. The fourth-order valence-electron chi connectivity index (χ4n) is 6.63. The van der Waals surface area contributed by atoms with Crippen LogP contribution < -0.4 is 21.7 Å². The van der Waals surface area contributed by atoms with Gasteiger partial charge in [0.1, 0.15) is 17.7 Å². The maximum atomic E-state index is 14.5. The predicted octanol–water partition coefficient (Wildman–Crippen LogP) is 0.184. The molecule has 0 aromatic carbocycles. The second-order valence-electron chi connectivity index (χ2n) is 13.4. The summed E-state index contributed by atoms with van der Waals surface area (Å²) >= 11 is 0. The van der Waals surface area contributed by atoms with Gasteiger partial charge in [0, 0.05) is 31.9 Å². The molecule has 4 rings (SSSR count). The van der Waals surface area contributed by atoms with Gasteiger partial charge in [-0.15, -0.1) is 5.10 Å². The van der Waals surface area contributed by atoms with Gasteiger partial charge in [0.05, 0.1) is 24.0 Å². The van der Waals surface area contributed by atoms with E-state index in [0.29, 0.717) is 18.5 Å². The molecule has 2 aromatic rings. The second kappa shape index (κ2) is 17.1. The zero-order valence-electron chi connectivity index (χ0n) is 28.3. The molecule has 3 heterocycles. The lowest BCUT2D eigenvalue weighted by atomic mass is 9.84. The number of hydrogen-bond donors (Lipinski definition) is 6. The van der Waals surface area contributed by atoms with Crippen molar-refractivity contribution < 1.29 is 39.0 Å². The molecule has 0 bridgehead atoms. The Labute approximate surface area is 289 Å². The zero-order valence-corrected chi connectivity index (χ0v) is 28.3. The minimum Gasteiger partial charge on any atom is -0.465 e. The SMILES string of the molecule is CC(C)(O)c1cnnn1[C@H]1C[C@@H](C(=O)NC(CCCCNC(=O)O)C(=O)C(N)=O)N(C(=O)[C@@H](CC2CCCCC2)NC(=O)c2ncccn2)C1.